The maximum Gasteiger partial charge on any atom is 0.0734 e. The van der Waals surface area contributed by atoms with Crippen molar-refractivity contribution < 1.29 is 15.3 Å². The molecule has 0 amide bonds. The molecule has 114 valence electrons. The largest absolute Gasteiger partial charge is 0.393 e. The molecule has 20 heavy (non-hydrogen) atoms. The fraction of sp³-hybridized carbons (Fsp3) is 1.00. The van der Waals surface area contributed by atoms with E-state index in [4.69, 9.17) is 0 Å². The van der Waals surface area contributed by atoms with Crippen molar-refractivity contribution in [3.8, 4) is 0 Å². The lowest BCUT2D eigenvalue weighted by Gasteiger charge is -2.61. The molecule has 4 nitrogen and oxygen atoms in total. The highest BCUT2D eigenvalue weighted by molar-refractivity contribution is 5.25. The summed E-state index contributed by atoms with van der Waals surface area (Å²) in [5.74, 6) is 0.205. The molecule has 2 aliphatic heterocycles. The van der Waals surface area contributed by atoms with Crippen LogP contribution in [0.2, 0.25) is 0 Å². The first-order valence-electron chi connectivity index (χ1n) is 8.33. The van der Waals surface area contributed by atoms with E-state index in [0.29, 0.717) is 12.8 Å². The second-order valence-electron chi connectivity index (χ2n) is 7.74. The maximum atomic E-state index is 11.0. The summed E-state index contributed by atoms with van der Waals surface area (Å²) in [6, 6.07) is 0. The van der Waals surface area contributed by atoms with Crippen LogP contribution in [0.3, 0.4) is 0 Å². The van der Waals surface area contributed by atoms with Crippen LogP contribution in [0.15, 0.2) is 0 Å². The highest BCUT2D eigenvalue weighted by Crippen LogP contribution is 2.67. The van der Waals surface area contributed by atoms with Gasteiger partial charge in [-0.1, -0.05) is 6.92 Å². The molecule has 0 aromatic carbocycles. The van der Waals surface area contributed by atoms with E-state index in [1.807, 2.05) is 6.92 Å². The van der Waals surface area contributed by atoms with Crippen molar-refractivity contribution in [3.05, 3.63) is 0 Å². The highest BCUT2D eigenvalue weighted by Gasteiger charge is 2.73. The number of hydrogen-bond donors (Lipinski definition) is 3. The van der Waals surface area contributed by atoms with Gasteiger partial charge in [-0.05, 0) is 63.5 Å². The molecular weight excluding hydrogens is 254 g/mol. The Hall–Kier alpha value is -0.160. The molecule has 0 aromatic heterocycles. The Labute approximate surface area is 120 Å². The zero-order chi connectivity index (χ0) is 14.1. The van der Waals surface area contributed by atoms with Gasteiger partial charge in [0.25, 0.3) is 0 Å². The molecule has 3 N–H and O–H groups in total. The van der Waals surface area contributed by atoms with Gasteiger partial charge in [-0.25, -0.2) is 0 Å². The van der Waals surface area contributed by atoms with E-state index in [0.717, 1.165) is 38.8 Å². The second-order valence-corrected chi connectivity index (χ2v) is 7.74. The Morgan fingerprint density at radius 3 is 2.40 bits per heavy atom. The summed E-state index contributed by atoms with van der Waals surface area (Å²) in [6.07, 6.45) is 4.38. The zero-order valence-corrected chi connectivity index (χ0v) is 12.3. The van der Waals surface area contributed by atoms with Crippen molar-refractivity contribution in [2.45, 2.75) is 69.3 Å². The number of aliphatic hydroxyl groups is 3. The van der Waals surface area contributed by atoms with Gasteiger partial charge in [0.15, 0.2) is 0 Å². The molecule has 2 saturated heterocycles. The monoisotopic (exact) mass is 281 g/mol. The predicted molar refractivity (Wildman–Crippen MR) is 75.1 cm³/mol. The Morgan fingerprint density at radius 1 is 0.950 bits per heavy atom. The smallest absolute Gasteiger partial charge is 0.0734 e. The molecule has 2 saturated carbocycles. The number of nitrogens with zero attached hydrogens (tertiary/aromatic N) is 1. The molecule has 2 spiro atoms. The lowest BCUT2D eigenvalue weighted by molar-refractivity contribution is -0.194. The fourth-order valence-corrected chi connectivity index (χ4v) is 6.60. The average Bonchev–Trinajstić information content (AvgIpc) is 2.96. The van der Waals surface area contributed by atoms with Crippen molar-refractivity contribution in [2.24, 2.45) is 17.3 Å². The molecule has 2 aliphatic carbocycles. The lowest BCUT2D eigenvalue weighted by atomic mass is 9.52. The summed E-state index contributed by atoms with van der Waals surface area (Å²) in [7, 11) is 0. The molecule has 4 rings (SSSR count). The number of hydrogen-bond acceptors (Lipinski definition) is 4. The summed E-state index contributed by atoms with van der Waals surface area (Å²) in [6.45, 7) is 4.13. The second kappa shape index (κ2) is 4.19. The van der Waals surface area contributed by atoms with Crippen molar-refractivity contribution in [1.82, 2.24) is 4.90 Å². The van der Waals surface area contributed by atoms with Crippen LogP contribution >= 0.6 is 0 Å². The minimum Gasteiger partial charge on any atom is -0.393 e. The van der Waals surface area contributed by atoms with E-state index >= 15 is 0 Å². The van der Waals surface area contributed by atoms with Crippen LogP contribution in [0.1, 0.15) is 45.4 Å². The van der Waals surface area contributed by atoms with Crippen LogP contribution in [0, 0.1) is 17.3 Å². The first kappa shape index (κ1) is 13.5. The third-order valence-corrected chi connectivity index (χ3v) is 7.25. The quantitative estimate of drug-likeness (QED) is 0.613. The van der Waals surface area contributed by atoms with E-state index in [1.165, 1.54) is 0 Å². The number of aliphatic hydroxyl groups excluding tert-OH is 3. The Balaban J connectivity index is 1.86. The van der Waals surface area contributed by atoms with Gasteiger partial charge in [0.05, 0.1) is 23.9 Å². The first-order chi connectivity index (χ1) is 9.54. The minimum atomic E-state index is -0.384. The van der Waals surface area contributed by atoms with Gasteiger partial charge >= 0.3 is 0 Å². The van der Waals surface area contributed by atoms with Crippen molar-refractivity contribution in [2.75, 3.05) is 13.1 Å². The van der Waals surface area contributed by atoms with Gasteiger partial charge in [0, 0.05) is 5.41 Å². The van der Waals surface area contributed by atoms with Crippen LogP contribution in [0.4, 0.5) is 0 Å². The van der Waals surface area contributed by atoms with E-state index in [9.17, 15) is 15.3 Å². The molecule has 4 fully saturated rings. The van der Waals surface area contributed by atoms with Crippen LogP contribution in [0.5, 0.6) is 0 Å². The summed E-state index contributed by atoms with van der Waals surface area (Å²) < 4.78 is 0. The average molecular weight is 281 g/mol. The molecule has 2 heterocycles. The predicted octanol–water partition coefficient (Wildman–Crippen LogP) is 0.744. The normalized spacial score (nSPS) is 59.1. The molecule has 7 atom stereocenters. The highest BCUT2D eigenvalue weighted by atomic mass is 16.3. The van der Waals surface area contributed by atoms with Crippen molar-refractivity contribution >= 4 is 0 Å². The molecule has 0 radical (unpaired) electrons. The Bertz CT molecular complexity index is 417. The molecule has 0 unspecified atom stereocenters. The number of piperidine rings is 1. The summed E-state index contributed by atoms with van der Waals surface area (Å²) >= 11 is 0. The standard InChI is InChI=1S/C16H27NO3/c1-10-8-12(18)15-4-2-6-17-7-3-5-16(15,17)13(19)9-11(15)14(10)20/h10-14,18-20H,2-9H2,1H3/t10-,11+,12-,13-,14-,15+,16-/m0/s1. The minimum absolute atomic E-state index is 0.0668. The Morgan fingerprint density at radius 2 is 1.65 bits per heavy atom. The first-order valence-corrected chi connectivity index (χ1v) is 8.33. The van der Waals surface area contributed by atoms with Gasteiger partial charge in [0.2, 0.25) is 0 Å². The van der Waals surface area contributed by atoms with E-state index in [2.05, 4.69) is 4.90 Å². The summed E-state index contributed by atoms with van der Waals surface area (Å²) in [5.41, 5.74) is -0.524. The van der Waals surface area contributed by atoms with Crippen LogP contribution < -0.4 is 0 Å². The van der Waals surface area contributed by atoms with E-state index < -0.39 is 0 Å². The SMILES string of the molecule is C[C@H]1C[C@H](O)[C@]23CCCN4CCC[C@@]42[C@@H](O)C[C@@H]3[C@H]1O. The van der Waals surface area contributed by atoms with Gasteiger partial charge in [-0.3, -0.25) is 4.90 Å². The van der Waals surface area contributed by atoms with Crippen molar-refractivity contribution in [1.29, 1.82) is 0 Å². The molecule has 4 heteroatoms. The topological polar surface area (TPSA) is 63.9 Å². The third kappa shape index (κ3) is 1.28. The van der Waals surface area contributed by atoms with Gasteiger partial charge < -0.3 is 15.3 Å². The number of rotatable bonds is 0. The molecule has 0 aromatic rings. The van der Waals surface area contributed by atoms with Crippen LogP contribution in [0.25, 0.3) is 0 Å². The summed E-state index contributed by atoms with van der Waals surface area (Å²) in [5, 5.41) is 32.5. The zero-order valence-electron chi connectivity index (χ0n) is 12.3. The van der Waals surface area contributed by atoms with Gasteiger partial charge in [0.1, 0.15) is 0 Å². The van der Waals surface area contributed by atoms with E-state index in [1.54, 1.807) is 0 Å². The fourth-order valence-electron chi connectivity index (χ4n) is 6.60. The molecular formula is C16H27NO3. The van der Waals surface area contributed by atoms with Crippen molar-refractivity contribution in [3.63, 3.8) is 0 Å². The van der Waals surface area contributed by atoms with E-state index in [-0.39, 0.29) is 41.1 Å². The molecule has 4 aliphatic rings. The van der Waals surface area contributed by atoms with Crippen LogP contribution in [-0.4, -0.2) is 57.2 Å². The third-order valence-electron chi connectivity index (χ3n) is 7.25. The maximum absolute atomic E-state index is 11.0. The summed E-state index contributed by atoms with van der Waals surface area (Å²) in [4.78, 5) is 2.45. The molecule has 0 bridgehead atoms. The van der Waals surface area contributed by atoms with Gasteiger partial charge in [-0.15, -0.1) is 0 Å². The van der Waals surface area contributed by atoms with Gasteiger partial charge in [-0.2, -0.15) is 0 Å². The Kier molecular flexibility index (Phi) is 2.83. The lowest BCUT2D eigenvalue weighted by Crippen LogP contribution is -2.69. The van der Waals surface area contributed by atoms with Crippen LogP contribution in [-0.2, 0) is 0 Å².